The number of nitrogens with zero attached hydrogens (tertiary/aromatic N) is 4. The molecule has 2 aromatic heterocycles. The van der Waals surface area contributed by atoms with Gasteiger partial charge in [0.2, 0.25) is 5.95 Å². The molecule has 0 radical (unpaired) electrons. The van der Waals surface area contributed by atoms with Gasteiger partial charge in [-0.25, -0.2) is 5.10 Å². The molecule has 1 aromatic carbocycles. The summed E-state index contributed by atoms with van der Waals surface area (Å²) in [6.45, 7) is 2.28. The van der Waals surface area contributed by atoms with Gasteiger partial charge in [-0.05, 0) is 25.1 Å². The maximum atomic E-state index is 12.1. The summed E-state index contributed by atoms with van der Waals surface area (Å²) in [5.74, 6) is -0.0931. The summed E-state index contributed by atoms with van der Waals surface area (Å²) in [6.07, 6.45) is 3.18. The summed E-state index contributed by atoms with van der Waals surface area (Å²) < 4.78 is 5.11. The summed E-state index contributed by atoms with van der Waals surface area (Å²) in [4.78, 5) is 24.4. The van der Waals surface area contributed by atoms with Crippen LogP contribution in [0.25, 0.3) is 11.0 Å². The first-order chi connectivity index (χ1) is 10.3. The Morgan fingerprint density at radius 3 is 2.90 bits per heavy atom. The molecule has 8 nitrogen and oxygen atoms in total. The maximum Gasteiger partial charge on any atom is 0.337 e. The Hall–Kier alpha value is -3.03. The number of carbonyl (C=O) groups excluding carboxylic acids is 1. The molecule has 0 spiro atoms. The van der Waals surface area contributed by atoms with E-state index in [2.05, 4.69) is 30.5 Å². The molecule has 0 atom stereocenters. The Balaban J connectivity index is 1.79. The predicted molar refractivity (Wildman–Crippen MR) is 75.0 cm³/mol. The van der Waals surface area contributed by atoms with Crippen molar-refractivity contribution in [1.29, 1.82) is 0 Å². The molecule has 3 aromatic rings. The van der Waals surface area contributed by atoms with E-state index in [0.717, 1.165) is 5.52 Å². The van der Waals surface area contributed by atoms with Crippen LogP contribution in [0.1, 0.15) is 17.3 Å². The molecule has 2 heterocycles. The minimum absolute atomic E-state index is 0.192. The smallest absolute Gasteiger partial charge is 0.337 e. The van der Waals surface area contributed by atoms with Gasteiger partial charge < -0.3 is 4.74 Å². The third-order valence-corrected chi connectivity index (χ3v) is 2.70. The molecule has 0 unspecified atom stereocenters. The van der Waals surface area contributed by atoms with Crippen LogP contribution in [-0.2, 0) is 0 Å². The van der Waals surface area contributed by atoms with Crippen molar-refractivity contribution in [3.8, 4) is 6.01 Å². The molecule has 21 heavy (non-hydrogen) atoms. The van der Waals surface area contributed by atoms with Gasteiger partial charge in [-0.1, -0.05) is 0 Å². The zero-order valence-corrected chi connectivity index (χ0v) is 11.2. The SMILES string of the molecule is CCOc1n[nH]c(NC(=O)c2ccc3nccnc3c2)n1. The normalized spacial score (nSPS) is 10.5. The molecular weight excluding hydrogens is 272 g/mol. The van der Waals surface area contributed by atoms with Crippen molar-refractivity contribution >= 4 is 22.9 Å². The monoisotopic (exact) mass is 284 g/mol. The van der Waals surface area contributed by atoms with Gasteiger partial charge in [-0.3, -0.25) is 20.1 Å². The van der Waals surface area contributed by atoms with Crippen LogP contribution in [0.4, 0.5) is 5.95 Å². The topological polar surface area (TPSA) is 106 Å². The Morgan fingerprint density at radius 1 is 1.29 bits per heavy atom. The fourth-order valence-electron chi connectivity index (χ4n) is 1.78. The van der Waals surface area contributed by atoms with E-state index in [1.54, 1.807) is 30.6 Å². The number of H-pyrrole nitrogens is 1. The van der Waals surface area contributed by atoms with Gasteiger partial charge in [0.1, 0.15) is 0 Å². The molecule has 0 saturated carbocycles. The fourth-order valence-corrected chi connectivity index (χ4v) is 1.78. The number of hydrogen-bond donors (Lipinski definition) is 2. The molecule has 0 bridgehead atoms. The predicted octanol–water partition coefficient (Wildman–Crippen LogP) is 1.40. The second kappa shape index (κ2) is 5.53. The quantitative estimate of drug-likeness (QED) is 0.750. The average Bonchev–Trinajstić information content (AvgIpc) is 2.94. The van der Waals surface area contributed by atoms with Crippen molar-refractivity contribution in [2.45, 2.75) is 6.92 Å². The lowest BCUT2D eigenvalue weighted by Crippen LogP contribution is -2.13. The van der Waals surface area contributed by atoms with E-state index in [4.69, 9.17) is 4.74 Å². The molecule has 0 fully saturated rings. The Labute approximate surface area is 119 Å². The van der Waals surface area contributed by atoms with Gasteiger partial charge in [-0.15, -0.1) is 5.10 Å². The number of amides is 1. The van der Waals surface area contributed by atoms with E-state index in [1.165, 1.54) is 0 Å². The Morgan fingerprint density at radius 2 is 2.10 bits per heavy atom. The molecule has 0 aliphatic rings. The van der Waals surface area contributed by atoms with Crippen LogP contribution < -0.4 is 10.1 Å². The summed E-state index contributed by atoms with van der Waals surface area (Å²) in [5, 5.41) is 8.99. The van der Waals surface area contributed by atoms with E-state index in [-0.39, 0.29) is 17.9 Å². The molecule has 0 aliphatic heterocycles. The number of ether oxygens (including phenoxy) is 1. The molecule has 2 N–H and O–H groups in total. The number of benzene rings is 1. The highest BCUT2D eigenvalue weighted by Crippen LogP contribution is 2.13. The summed E-state index contributed by atoms with van der Waals surface area (Å²) >= 11 is 0. The van der Waals surface area contributed by atoms with Gasteiger partial charge in [0.25, 0.3) is 5.91 Å². The second-order valence-electron chi connectivity index (χ2n) is 4.11. The lowest BCUT2D eigenvalue weighted by atomic mass is 10.2. The minimum Gasteiger partial charge on any atom is -0.463 e. The van der Waals surface area contributed by atoms with Crippen LogP contribution in [-0.4, -0.2) is 37.7 Å². The zero-order chi connectivity index (χ0) is 14.7. The number of aromatic amines is 1. The molecule has 1 amide bonds. The molecular formula is C13H12N6O2. The second-order valence-corrected chi connectivity index (χ2v) is 4.11. The average molecular weight is 284 g/mol. The van der Waals surface area contributed by atoms with Gasteiger partial charge in [0.15, 0.2) is 0 Å². The van der Waals surface area contributed by atoms with Crippen molar-refractivity contribution in [3.63, 3.8) is 0 Å². The van der Waals surface area contributed by atoms with Crippen molar-refractivity contribution in [2.75, 3.05) is 11.9 Å². The van der Waals surface area contributed by atoms with E-state index in [9.17, 15) is 4.79 Å². The highest BCUT2D eigenvalue weighted by Gasteiger charge is 2.11. The van der Waals surface area contributed by atoms with Crippen LogP contribution in [0.15, 0.2) is 30.6 Å². The van der Waals surface area contributed by atoms with Gasteiger partial charge in [0, 0.05) is 18.0 Å². The summed E-state index contributed by atoms with van der Waals surface area (Å²) in [5.41, 5.74) is 1.84. The molecule has 106 valence electrons. The molecule has 3 rings (SSSR count). The van der Waals surface area contributed by atoms with Crippen LogP contribution >= 0.6 is 0 Å². The minimum atomic E-state index is -0.318. The Kier molecular flexibility index (Phi) is 3.42. The number of carbonyl (C=O) groups is 1. The standard InChI is InChI=1S/C13H12N6O2/c1-2-21-13-17-12(18-19-13)16-11(20)8-3-4-9-10(7-8)15-6-5-14-9/h3-7H,2H2,1H3,(H2,16,17,18,19,20). The van der Waals surface area contributed by atoms with Gasteiger partial charge >= 0.3 is 6.01 Å². The van der Waals surface area contributed by atoms with Gasteiger partial charge in [-0.2, -0.15) is 4.98 Å². The number of anilines is 1. The number of fused-ring (bicyclic) bond motifs is 1. The van der Waals surface area contributed by atoms with Crippen molar-refractivity contribution in [1.82, 2.24) is 25.1 Å². The van der Waals surface area contributed by atoms with Crippen molar-refractivity contribution in [2.24, 2.45) is 0 Å². The molecule has 8 heteroatoms. The van der Waals surface area contributed by atoms with Crippen LogP contribution in [0.2, 0.25) is 0 Å². The van der Waals surface area contributed by atoms with E-state index in [1.807, 2.05) is 6.92 Å². The van der Waals surface area contributed by atoms with Gasteiger partial charge in [0.05, 0.1) is 17.6 Å². The number of aromatic nitrogens is 5. The lowest BCUT2D eigenvalue weighted by molar-refractivity contribution is 0.102. The molecule has 0 saturated heterocycles. The largest absolute Gasteiger partial charge is 0.463 e. The maximum absolute atomic E-state index is 12.1. The first kappa shape index (κ1) is 13.0. The van der Waals surface area contributed by atoms with E-state index < -0.39 is 0 Å². The summed E-state index contributed by atoms with van der Waals surface area (Å²) in [7, 11) is 0. The lowest BCUT2D eigenvalue weighted by Gasteiger charge is -2.02. The number of hydrogen-bond acceptors (Lipinski definition) is 6. The fraction of sp³-hybridized carbons (Fsp3) is 0.154. The molecule has 0 aliphatic carbocycles. The van der Waals surface area contributed by atoms with Crippen LogP contribution in [0, 0.1) is 0 Å². The van der Waals surface area contributed by atoms with Crippen molar-refractivity contribution in [3.05, 3.63) is 36.2 Å². The van der Waals surface area contributed by atoms with Crippen LogP contribution in [0.3, 0.4) is 0 Å². The first-order valence-electron chi connectivity index (χ1n) is 6.33. The van der Waals surface area contributed by atoms with E-state index in [0.29, 0.717) is 17.7 Å². The van der Waals surface area contributed by atoms with Crippen molar-refractivity contribution < 1.29 is 9.53 Å². The van der Waals surface area contributed by atoms with E-state index >= 15 is 0 Å². The third-order valence-electron chi connectivity index (χ3n) is 2.70. The highest BCUT2D eigenvalue weighted by molar-refractivity contribution is 6.05. The Bertz CT molecular complexity index is 785. The third kappa shape index (κ3) is 2.78. The first-order valence-corrected chi connectivity index (χ1v) is 6.33. The van der Waals surface area contributed by atoms with Crippen LogP contribution in [0.5, 0.6) is 6.01 Å². The number of rotatable bonds is 4. The summed E-state index contributed by atoms with van der Waals surface area (Å²) in [6, 6.07) is 5.27. The highest BCUT2D eigenvalue weighted by atomic mass is 16.5. The number of nitrogens with one attached hydrogen (secondary N) is 2. The zero-order valence-electron chi connectivity index (χ0n) is 11.2.